The molecule has 0 fully saturated rings. The van der Waals surface area contributed by atoms with Crippen LogP contribution in [0.15, 0.2) is 91.0 Å². The van der Waals surface area contributed by atoms with Crippen molar-refractivity contribution in [3.63, 3.8) is 0 Å². The van der Waals surface area contributed by atoms with Crippen LogP contribution in [-0.2, 0) is 6.54 Å². The number of nitrogens with two attached hydrogens (primary N) is 1. The summed E-state index contributed by atoms with van der Waals surface area (Å²) in [5.41, 5.74) is 12.8. The van der Waals surface area contributed by atoms with Crippen LogP contribution in [0, 0.1) is 13.0 Å². The minimum Gasteiger partial charge on any atom is -0.366 e. The first-order valence-corrected chi connectivity index (χ1v) is 11.9. The first kappa shape index (κ1) is 21.5. The fourth-order valence-electron chi connectivity index (χ4n) is 5.06. The van der Waals surface area contributed by atoms with Crippen molar-refractivity contribution >= 4 is 50.1 Å². The second-order valence-corrected chi connectivity index (χ2v) is 9.33. The van der Waals surface area contributed by atoms with Gasteiger partial charge >= 0.3 is 0 Å². The van der Waals surface area contributed by atoms with Crippen molar-refractivity contribution in [1.29, 1.82) is 0 Å². The molecule has 0 spiro atoms. The fraction of sp³-hybridized carbons (Fsp3) is 0.0645. The van der Waals surface area contributed by atoms with Crippen LogP contribution in [0.5, 0.6) is 0 Å². The number of carbonyl (C=O) groups is 1. The molecule has 2 N–H and O–H groups in total. The van der Waals surface area contributed by atoms with Gasteiger partial charge in [0.2, 0.25) is 5.91 Å². The first-order valence-electron chi connectivity index (χ1n) is 11.5. The number of fused-ring (bicyclic) bond motifs is 4. The molecular weight excluding hydrogens is 452 g/mol. The number of rotatable bonds is 4. The van der Waals surface area contributed by atoms with Crippen molar-refractivity contribution in [3.8, 4) is 11.1 Å². The van der Waals surface area contributed by atoms with Gasteiger partial charge in [-0.05, 0) is 82.4 Å². The van der Waals surface area contributed by atoms with E-state index < -0.39 is 5.91 Å². The number of hydrogen-bond donors (Lipinski definition) is 1. The number of halogens is 1. The maximum Gasteiger partial charge on any atom is 0.249 e. The molecule has 1 amide bonds. The van der Waals surface area contributed by atoms with Crippen LogP contribution in [0.25, 0.3) is 43.7 Å². The molecule has 35 heavy (non-hydrogen) atoms. The van der Waals surface area contributed by atoms with E-state index in [-0.39, 0.29) is 0 Å². The molecule has 0 aliphatic rings. The number of amides is 1. The lowest BCUT2D eigenvalue weighted by atomic mass is 10.00. The highest BCUT2D eigenvalue weighted by Crippen LogP contribution is 2.36. The molecule has 1 radical (unpaired) electrons. The van der Waals surface area contributed by atoms with Crippen molar-refractivity contribution in [2.75, 3.05) is 0 Å². The highest BCUT2D eigenvalue weighted by atomic mass is 35.5. The van der Waals surface area contributed by atoms with Gasteiger partial charge < -0.3 is 10.3 Å². The first-order chi connectivity index (χ1) is 17.0. The smallest absolute Gasteiger partial charge is 0.249 e. The summed E-state index contributed by atoms with van der Waals surface area (Å²) in [6.07, 6.45) is 0. The van der Waals surface area contributed by atoms with Gasteiger partial charge in [-0.3, -0.25) is 4.79 Å². The number of primary amides is 1. The Hall–Kier alpha value is -4.08. The zero-order valence-electron chi connectivity index (χ0n) is 19.2. The van der Waals surface area contributed by atoms with Gasteiger partial charge in [-0.25, -0.2) is 0 Å². The van der Waals surface area contributed by atoms with Gasteiger partial charge in [-0.15, -0.1) is 0 Å². The monoisotopic (exact) mass is 473 g/mol. The quantitative estimate of drug-likeness (QED) is 0.282. The average molecular weight is 474 g/mol. The molecule has 0 saturated carbocycles. The van der Waals surface area contributed by atoms with Crippen molar-refractivity contribution in [2.45, 2.75) is 13.5 Å². The molecule has 0 aliphatic heterocycles. The van der Waals surface area contributed by atoms with Gasteiger partial charge in [-0.1, -0.05) is 66.2 Å². The third-order valence-electron chi connectivity index (χ3n) is 6.80. The van der Waals surface area contributed by atoms with Gasteiger partial charge in [0.15, 0.2) is 0 Å². The van der Waals surface area contributed by atoms with Gasteiger partial charge in [0.05, 0.1) is 11.0 Å². The second-order valence-electron chi connectivity index (χ2n) is 8.89. The lowest BCUT2D eigenvalue weighted by Gasteiger charge is -2.13. The number of hydrogen-bond acceptors (Lipinski definition) is 1. The van der Waals surface area contributed by atoms with E-state index in [9.17, 15) is 4.79 Å². The second kappa shape index (κ2) is 8.30. The predicted molar refractivity (Wildman–Crippen MR) is 145 cm³/mol. The summed E-state index contributed by atoms with van der Waals surface area (Å²) < 4.78 is 2.27. The number of aryl methyl sites for hydroxylation is 1. The molecule has 1 aromatic heterocycles. The summed E-state index contributed by atoms with van der Waals surface area (Å²) in [5, 5.41) is 4.91. The molecule has 6 aromatic rings. The van der Waals surface area contributed by atoms with Crippen molar-refractivity contribution in [2.24, 2.45) is 5.73 Å². The summed E-state index contributed by atoms with van der Waals surface area (Å²) in [4.78, 5) is 12.3. The Morgan fingerprint density at radius 3 is 2.43 bits per heavy atom. The lowest BCUT2D eigenvalue weighted by Crippen LogP contribution is -2.11. The summed E-state index contributed by atoms with van der Waals surface area (Å²) in [6.45, 7) is 2.79. The number of nitrogens with zero attached hydrogens (tertiary/aromatic N) is 1. The van der Waals surface area contributed by atoms with Crippen LogP contribution >= 0.6 is 11.6 Å². The number of carbonyl (C=O) groups excluding carboxylic acids is 1. The summed E-state index contributed by atoms with van der Waals surface area (Å²) >= 11 is 6.11. The SMILES string of the molecule is Cc1ccc(Cn2c3cc(-c4ccc(Cl)cc4)c[c]c3c3c(C(N)=O)cccc32)c2ccccc12. The Bertz CT molecular complexity index is 1760. The molecule has 5 aromatic carbocycles. The largest absolute Gasteiger partial charge is 0.366 e. The van der Waals surface area contributed by atoms with E-state index in [4.69, 9.17) is 17.3 Å². The Labute approximate surface area is 208 Å². The molecule has 0 atom stereocenters. The highest BCUT2D eigenvalue weighted by molar-refractivity contribution is 6.30. The van der Waals surface area contributed by atoms with Crippen LogP contribution in [0.1, 0.15) is 21.5 Å². The molecule has 0 bridgehead atoms. The van der Waals surface area contributed by atoms with Crippen LogP contribution in [-0.4, -0.2) is 10.5 Å². The predicted octanol–water partition coefficient (Wildman–Crippen LogP) is 7.52. The molecule has 0 aliphatic carbocycles. The van der Waals surface area contributed by atoms with E-state index in [1.54, 1.807) is 6.07 Å². The standard InChI is InChI=1S/C31H22ClN2O/c1-19-9-10-22(25-6-3-2-5-24(19)25)18-34-28-8-4-7-27(31(33)35)30(28)26-16-13-21(17-29(26)34)20-11-14-23(32)15-12-20/h2-15,17H,18H2,1H3,(H2,33,35). The minimum atomic E-state index is -0.439. The van der Waals surface area contributed by atoms with Crippen LogP contribution in [0.2, 0.25) is 5.02 Å². The molecule has 6 rings (SSSR count). The van der Waals surface area contributed by atoms with Crippen molar-refractivity contribution in [3.05, 3.63) is 119 Å². The van der Waals surface area contributed by atoms with E-state index in [1.165, 1.54) is 21.9 Å². The van der Waals surface area contributed by atoms with E-state index in [2.05, 4.69) is 60.0 Å². The Kier molecular flexibility index (Phi) is 5.09. The number of aromatic nitrogens is 1. The lowest BCUT2D eigenvalue weighted by molar-refractivity contribution is 0.100. The van der Waals surface area contributed by atoms with Crippen LogP contribution in [0.3, 0.4) is 0 Å². The van der Waals surface area contributed by atoms with Crippen molar-refractivity contribution in [1.82, 2.24) is 4.57 Å². The summed E-state index contributed by atoms with van der Waals surface area (Å²) in [6, 6.07) is 34.0. The van der Waals surface area contributed by atoms with Gasteiger partial charge in [0.25, 0.3) is 0 Å². The Morgan fingerprint density at radius 1 is 0.886 bits per heavy atom. The maximum atomic E-state index is 12.3. The van der Waals surface area contributed by atoms with Crippen LogP contribution < -0.4 is 5.73 Å². The van der Waals surface area contributed by atoms with E-state index in [0.717, 1.165) is 32.9 Å². The number of benzene rings is 5. The van der Waals surface area contributed by atoms with Gasteiger partial charge in [0.1, 0.15) is 0 Å². The average Bonchev–Trinajstić information content (AvgIpc) is 3.19. The summed E-state index contributed by atoms with van der Waals surface area (Å²) in [7, 11) is 0. The molecule has 4 heteroatoms. The van der Waals surface area contributed by atoms with E-state index in [1.807, 2.05) is 42.5 Å². The van der Waals surface area contributed by atoms with Gasteiger partial charge in [-0.2, -0.15) is 0 Å². The Balaban J connectivity index is 1.64. The normalized spacial score (nSPS) is 11.5. The molecule has 0 saturated heterocycles. The fourth-order valence-corrected chi connectivity index (χ4v) is 5.19. The van der Waals surface area contributed by atoms with E-state index >= 15 is 0 Å². The van der Waals surface area contributed by atoms with Gasteiger partial charge in [0, 0.05) is 27.9 Å². The third kappa shape index (κ3) is 3.56. The third-order valence-corrected chi connectivity index (χ3v) is 7.05. The molecule has 3 nitrogen and oxygen atoms in total. The topological polar surface area (TPSA) is 48.0 Å². The molecule has 1 heterocycles. The molecule has 0 unspecified atom stereocenters. The zero-order chi connectivity index (χ0) is 24.1. The van der Waals surface area contributed by atoms with Crippen LogP contribution in [0.4, 0.5) is 0 Å². The molecule has 169 valence electrons. The molecular formula is C31H22ClN2O. The van der Waals surface area contributed by atoms with Crippen molar-refractivity contribution < 1.29 is 4.79 Å². The zero-order valence-corrected chi connectivity index (χ0v) is 19.9. The minimum absolute atomic E-state index is 0.439. The maximum absolute atomic E-state index is 12.3. The van der Waals surface area contributed by atoms with E-state index in [0.29, 0.717) is 17.1 Å². The highest BCUT2D eigenvalue weighted by Gasteiger charge is 2.18. The summed E-state index contributed by atoms with van der Waals surface area (Å²) in [5.74, 6) is -0.439. The Morgan fingerprint density at radius 2 is 1.66 bits per heavy atom.